The molecule has 6 heteroatoms. The molecule has 4 nitrogen and oxygen atoms in total. The monoisotopic (exact) mass is 173 g/mol. The fourth-order valence-electron chi connectivity index (χ4n) is 0.450. The van der Waals surface area contributed by atoms with Gasteiger partial charge in [0.2, 0.25) is 0 Å². The Morgan fingerprint density at radius 1 is 1.55 bits per heavy atom. The largest absolute Gasteiger partial charge is 1.00 e. The molecule has 0 aliphatic heterocycles. The minimum Gasteiger partial charge on any atom is -0.748 e. The molecular formula is C5H12LiNO3S. The van der Waals surface area contributed by atoms with Crippen molar-refractivity contribution in [1.29, 1.82) is 0 Å². The van der Waals surface area contributed by atoms with Gasteiger partial charge in [-0.25, -0.2) is 8.42 Å². The van der Waals surface area contributed by atoms with E-state index in [1.54, 1.807) is 0 Å². The van der Waals surface area contributed by atoms with Crippen LogP contribution in [0.15, 0.2) is 0 Å². The fourth-order valence-corrected chi connectivity index (χ4v) is 0.772. The Morgan fingerprint density at radius 2 is 2.00 bits per heavy atom. The van der Waals surface area contributed by atoms with Gasteiger partial charge in [-0.05, 0) is 13.5 Å². The maximum absolute atomic E-state index is 10.2. The predicted octanol–water partition coefficient (Wildman–Crippen LogP) is -3.47. The molecule has 62 valence electrons. The topological polar surface area (TPSA) is 69.2 Å². The van der Waals surface area contributed by atoms with Crippen LogP contribution in [0.25, 0.3) is 0 Å². The zero-order valence-electron chi connectivity index (χ0n) is 7.12. The third kappa shape index (κ3) is 6.85. The van der Waals surface area contributed by atoms with E-state index in [4.69, 9.17) is 0 Å². The Morgan fingerprint density at radius 3 is 2.27 bits per heavy atom. The molecule has 0 aliphatic carbocycles. The molecule has 1 unspecified atom stereocenters. The maximum Gasteiger partial charge on any atom is 1.00 e. The predicted molar refractivity (Wildman–Crippen MR) is 37.7 cm³/mol. The Hall–Kier alpha value is 0.467. The van der Waals surface area contributed by atoms with Crippen LogP contribution >= 0.6 is 0 Å². The molecule has 0 fully saturated rings. The van der Waals surface area contributed by atoms with E-state index in [0.29, 0.717) is 6.54 Å². The second-order valence-electron chi connectivity index (χ2n) is 2.11. The van der Waals surface area contributed by atoms with Crippen LogP contribution in [0.5, 0.6) is 0 Å². The van der Waals surface area contributed by atoms with Crippen molar-refractivity contribution < 1.29 is 31.8 Å². The van der Waals surface area contributed by atoms with Crippen LogP contribution in [0.3, 0.4) is 0 Å². The second kappa shape index (κ2) is 6.04. The first-order chi connectivity index (χ1) is 4.48. The van der Waals surface area contributed by atoms with Crippen LogP contribution in [-0.2, 0) is 10.1 Å². The summed E-state index contributed by atoms with van der Waals surface area (Å²) < 4.78 is 30.7. The molecule has 1 N–H and O–H groups in total. The third-order valence-corrected chi connectivity index (χ3v) is 2.33. The average Bonchev–Trinajstić information content (AvgIpc) is 1.80. The fraction of sp³-hybridized carbons (Fsp3) is 1.00. The van der Waals surface area contributed by atoms with Crippen molar-refractivity contribution in [3.05, 3.63) is 0 Å². The van der Waals surface area contributed by atoms with E-state index < -0.39 is 15.4 Å². The zero-order valence-corrected chi connectivity index (χ0v) is 7.94. The van der Waals surface area contributed by atoms with Gasteiger partial charge in [0, 0.05) is 6.54 Å². The Kier molecular flexibility index (Phi) is 7.69. The Balaban J connectivity index is 0. The number of nitrogens with one attached hydrogen (secondary N) is 1. The van der Waals surface area contributed by atoms with Gasteiger partial charge in [0.15, 0.2) is 0 Å². The summed E-state index contributed by atoms with van der Waals surface area (Å²) in [5, 5.41) is 1.95. The van der Waals surface area contributed by atoms with Crippen LogP contribution in [0.2, 0.25) is 0 Å². The van der Waals surface area contributed by atoms with Crippen molar-refractivity contribution >= 4 is 10.1 Å². The number of hydrogen-bond donors (Lipinski definition) is 1. The zero-order chi connectivity index (χ0) is 8.20. The molecule has 0 saturated carbocycles. The summed E-state index contributed by atoms with van der Waals surface area (Å²) >= 11 is 0. The average molecular weight is 173 g/mol. The number of hydrogen-bond acceptors (Lipinski definition) is 4. The van der Waals surface area contributed by atoms with E-state index in [-0.39, 0.29) is 25.4 Å². The van der Waals surface area contributed by atoms with Crippen molar-refractivity contribution in [1.82, 2.24) is 5.32 Å². The van der Waals surface area contributed by atoms with Gasteiger partial charge in [-0.15, -0.1) is 0 Å². The molecule has 0 spiro atoms. The minimum atomic E-state index is -4.09. The van der Waals surface area contributed by atoms with Gasteiger partial charge in [-0.1, -0.05) is 6.92 Å². The number of rotatable bonds is 4. The third-order valence-electron chi connectivity index (χ3n) is 1.17. The molecule has 11 heavy (non-hydrogen) atoms. The first kappa shape index (κ1) is 14.0. The summed E-state index contributed by atoms with van der Waals surface area (Å²) in [5.41, 5.74) is 0. The van der Waals surface area contributed by atoms with E-state index in [2.05, 4.69) is 5.32 Å². The van der Waals surface area contributed by atoms with Crippen LogP contribution in [0.4, 0.5) is 0 Å². The van der Waals surface area contributed by atoms with Gasteiger partial charge in [0.05, 0.1) is 15.4 Å². The molecule has 0 aromatic carbocycles. The molecule has 0 aromatic heterocycles. The summed E-state index contributed by atoms with van der Waals surface area (Å²) in [6.45, 7) is 4.16. The minimum absolute atomic E-state index is 0. The van der Waals surface area contributed by atoms with Gasteiger partial charge in [-0.3, -0.25) is 0 Å². The summed E-state index contributed by atoms with van der Waals surface area (Å²) in [4.78, 5) is 0. The molecule has 0 radical (unpaired) electrons. The van der Waals surface area contributed by atoms with E-state index in [0.717, 1.165) is 0 Å². The van der Waals surface area contributed by atoms with E-state index >= 15 is 0 Å². The summed E-state index contributed by atoms with van der Waals surface area (Å²) in [6.07, 6.45) is 0. The quantitative estimate of drug-likeness (QED) is 0.354. The van der Waals surface area contributed by atoms with Crippen molar-refractivity contribution in [2.24, 2.45) is 0 Å². The SMILES string of the molecule is CCNCC(C)S(=O)(=O)[O-].[Li+]. The second-order valence-corrected chi connectivity index (χ2v) is 3.90. The van der Waals surface area contributed by atoms with E-state index in [1.165, 1.54) is 6.92 Å². The summed E-state index contributed by atoms with van der Waals surface area (Å²) in [7, 11) is -4.09. The standard InChI is InChI=1S/C5H13NO3S.Li/c1-3-6-4-5(2)10(7,8)9;/h5-6H,3-4H2,1-2H3,(H,7,8,9);/q;+1/p-1. The van der Waals surface area contributed by atoms with E-state index in [9.17, 15) is 13.0 Å². The van der Waals surface area contributed by atoms with Crippen molar-refractivity contribution in [2.75, 3.05) is 13.1 Å². The molecule has 0 amide bonds. The molecule has 0 rings (SSSR count). The molecule has 0 saturated heterocycles. The van der Waals surface area contributed by atoms with Crippen LogP contribution in [0, 0.1) is 0 Å². The van der Waals surface area contributed by atoms with Gasteiger partial charge in [-0.2, -0.15) is 0 Å². The van der Waals surface area contributed by atoms with Crippen LogP contribution in [-0.4, -0.2) is 31.3 Å². The van der Waals surface area contributed by atoms with Crippen LogP contribution < -0.4 is 24.2 Å². The molecule has 1 atom stereocenters. The molecule has 0 bridgehead atoms. The first-order valence-electron chi connectivity index (χ1n) is 3.14. The van der Waals surface area contributed by atoms with Gasteiger partial charge >= 0.3 is 18.9 Å². The Labute approximate surface area is 79.7 Å². The smallest absolute Gasteiger partial charge is 0.748 e. The normalized spacial score (nSPS) is 13.7. The van der Waals surface area contributed by atoms with Crippen molar-refractivity contribution in [3.8, 4) is 0 Å². The Bertz CT molecular complexity index is 180. The van der Waals surface area contributed by atoms with E-state index in [1.807, 2.05) is 6.92 Å². The van der Waals surface area contributed by atoms with Gasteiger partial charge in [0.25, 0.3) is 0 Å². The first-order valence-corrected chi connectivity index (χ1v) is 4.61. The maximum atomic E-state index is 10.2. The van der Waals surface area contributed by atoms with Gasteiger partial charge < -0.3 is 9.87 Å². The molecule has 0 heterocycles. The molecular weight excluding hydrogens is 161 g/mol. The van der Waals surface area contributed by atoms with Crippen LogP contribution in [0.1, 0.15) is 13.8 Å². The van der Waals surface area contributed by atoms with Crippen molar-refractivity contribution in [2.45, 2.75) is 19.1 Å². The molecule has 0 aromatic rings. The summed E-state index contributed by atoms with van der Waals surface area (Å²) in [5.74, 6) is 0. The van der Waals surface area contributed by atoms with Gasteiger partial charge in [0.1, 0.15) is 0 Å². The van der Waals surface area contributed by atoms with Crippen molar-refractivity contribution in [3.63, 3.8) is 0 Å². The molecule has 0 aliphatic rings. The summed E-state index contributed by atoms with van der Waals surface area (Å²) in [6, 6.07) is 0.